The Kier molecular flexibility index (Phi) is 22.7. The van der Waals surface area contributed by atoms with E-state index < -0.39 is 6.29 Å². The van der Waals surface area contributed by atoms with Gasteiger partial charge >= 0.3 is 0 Å². The van der Waals surface area contributed by atoms with E-state index in [0.717, 1.165) is 6.54 Å². The van der Waals surface area contributed by atoms with Crippen LogP contribution in [0.5, 0.6) is 0 Å². The number of unbranched alkanes of at least 4 members (excludes halogenated alkanes) is 14. The molecule has 0 aromatic heterocycles. The highest BCUT2D eigenvalue weighted by atomic mass is 16.5. The van der Waals surface area contributed by atoms with Crippen LogP contribution in [0.25, 0.3) is 0 Å². The minimum Gasteiger partial charge on any atom is -0.412 e. The summed E-state index contributed by atoms with van der Waals surface area (Å²) >= 11 is 0. The molecule has 0 aliphatic rings. The molecule has 0 saturated carbocycles. The summed E-state index contributed by atoms with van der Waals surface area (Å²) in [6, 6.07) is 0. The van der Waals surface area contributed by atoms with Gasteiger partial charge in [0.15, 0.2) is 6.29 Å². The first-order valence-electron chi connectivity index (χ1n) is 10.2. The quantitative estimate of drug-likeness (QED) is 0.287. The summed E-state index contributed by atoms with van der Waals surface area (Å²) in [5.41, 5.74) is 0. The number of nitrogens with zero attached hydrogens (tertiary/aromatic N) is 1. The molecular formula is C20H45NO3. The molecule has 0 saturated heterocycles. The molecule has 0 aliphatic heterocycles. The van der Waals surface area contributed by atoms with Crippen molar-refractivity contribution in [3.8, 4) is 0 Å². The third kappa shape index (κ3) is 21.8. The van der Waals surface area contributed by atoms with Crippen LogP contribution in [0.3, 0.4) is 0 Å². The Balaban J connectivity index is 0. The van der Waals surface area contributed by atoms with E-state index in [4.69, 9.17) is 10.2 Å². The lowest BCUT2D eigenvalue weighted by Crippen LogP contribution is -2.29. The van der Waals surface area contributed by atoms with Gasteiger partial charge in [-0.1, -0.05) is 96.8 Å². The van der Waals surface area contributed by atoms with E-state index in [2.05, 4.69) is 6.92 Å². The molecule has 0 aromatic carbocycles. The Hall–Kier alpha value is -0.160. The van der Waals surface area contributed by atoms with Crippen LogP contribution in [0.15, 0.2) is 0 Å². The molecule has 0 rings (SSSR count). The van der Waals surface area contributed by atoms with Gasteiger partial charge in [0.05, 0.1) is 0 Å². The third-order valence-corrected chi connectivity index (χ3v) is 4.62. The first kappa shape index (κ1) is 26.1. The molecule has 24 heavy (non-hydrogen) atoms. The van der Waals surface area contributed by atoms with Gasteiger partial charge in [-0.15, -0.1) is 0 Å². The van der Waals surface area contributed by atoms with Gasteiger partial charge in [0.2, 0.25) is 0 Å². The van der Waals surface area contributed by atoms with Crippen LogP contribution >= 0.6 is 0 Å². The maximum atomic E-state index is 8.86. The van der Waals surface area contributed by atoms with Crippen LogP contribution in [0.1, 0.15) is 103 Å². The van der Waals surface area contributed by atoms with Crippen LogP contribution in [0.4, 0.5) is 0 Å². The Morgan fingerprint density at radius 3 is 1.29 bits per heavy atom. The van der Waals surface area contributed by atoms with Crippen LogP contribution < -0.4 is 0 Å². The van der Waals surface area contributed by atoms with Crippen molar-refractivity contribution in [2.45, 2.75) is 110 Å². The molecule has 4 N–H and O–H groups in total. The molecule has 0 unspecified atom stereocenters. The largest absolute Gasteiger partial charge is 0.412 e. The maximum Gasteiger partial charge on any atom is 0.164 e. The van der Waals surface area contributed by atoms with E-state index in [1.54, 1.807) is 0 Å². The zero-order valence-corrected chi connectivity index (χ0v) is 16.4. The SMILES string of the molecule is CCCCCCCCCCCCCCCCCN(C)CC(O)O.O. The summed E-state index contributed by atoms with van der Waals surface area (Å²) < 4.78 is 0. The topological polar surface area (TPSA) is 75.2 Å². The molecule has 0 amide bonds. The second-order valence-electron chi connectivity index (χ2n) is 7.19. The summed E-state index contributed by atoms with van der Waals surface area (Å²) in [4.78, 5) is 1.99. The summed E-state index contributed by atoms with van der Waals surface area (Å²) in [7, 11) is 1.95. The molecule has 4 nitrogen and oxygen atoms in total. The lowest BCUT2D eigenvalue weighted by Gasteiger charge is -2.17. The Morgan fingerprint density at radius 1 is 0.625 bits per heavy atom. The summed E-state index contributed by atoms with van der Waals surface area (Å²) in [6.45, 7) is 3.61. The molecule has 0 aromatic rings. The number of hydrogen-bond acceptors (Lipinski definition) is 3. The van der Waals surface area contributed by atoms with Crippen LogP contribution in [-0.4, -0.2) is 47.0 Å². The van der Waals surface area contributed by atoms with Crippen molar-refractivity contribution in [3.63, 3.8) is 0 Å². The summed E-state index contributed by atoms with van der Waals surface area (Å²) in [5, 5.41) is 17.7. The van der Waals surface area contributed by atoms with E-state index in [1.165, 1.54) is 96.3 Å². The standard InChI is InChI=1S/C20H43NO2.H2O/c1-3-4-5-6-7-8-9-10-11-12-13-14-15-16-17-18-21(2)19-20(22)23;/h20,22-23H,3-19H2,1-2H3;1H2. The minimum absolute atomic E-state index is 0. The maximum absolute atomic E-state index is 8.86. The molecule has 0 radical (unpaired) electrons. The average Bonchev–Trinajstić information content (AvgIpc) is 2.50. The van der Waals surface area contributed by atoms with Crippen molar-refractivity contribution in [2.24, 2.45) is 0 Å². The highest BCUT2D eigenvalue weighted by Crippen LogP contribution is 2.13. The highest BCUT2D eigenvalue weighted by molar-refractivity contribution is 4.54. The van der Waals surface area contributed by atoms with Crippen LogP contribution in [0, 0.1) is 0 Å². The molecule has 0 heterocycles. The fourth-order valence-electron chi connectivity index (χ4n) is 3.12. The minimum atomic E-state index is -1.20. The fraction of sp³-hybridized carbons (Fsp3) is 1.00. The first-order chi connectivity index (χ1) is 11.2. The second-order valence-corrected chi connectivity index (χ2v) is 7.19. The van der Waals surface area contributed by atoms with Gasteiger partial charge in [0.1, 0.15) is 0 Å². The van der Waals surface area contributed by atoms with E-state index in [0.29, 0.717) is 6.54 Å². The molecule has 0 fully saturated rings. The second kappa shape index (κ2) is 20.9. The number of aliphatic hydroxyl groups is 2. The number of hydrogen-bond donors (Lipinski definition) is 2. The van der Waals surface area contributed by atoms with E-state index in [1.807, 2.05) is 11.9 Å². The van der Waals surface area contributed by atoms with Gasteiger partial charge in [0.25, 0.3) is 0 Å². The van der Waals surface area contributed by atoms with Gasteiger partial charge in [-0.2, -0.15) is 0 Å². The van der Waals surface area contributed by atoms with Crippen molar-refractivity contribution in [2.75, 3.05) is 20.1 Å². The van der Waals surface area contributed by atoms with Gasteiger partial charge in [-0.05, 0) is 20.0 Å². The monoisotopic (exact) mass is 347 g/mol. The van der Waals surface area contributed by atoms with Gasteiger partial charge < -0.3 is 20.6 Å². The van der Waals surface area contributed by atoms with Crippen molar-refractivity contribution in [1.82, 2.24) is 4.90 Å². The van der Waals surface area contributed by atoms with Crippen LogP contribution in [-0.2, 0) is 0 Å². The fourth-order valence-corrected chi connectivity index (χ4v) is 3.12. The van der Waals surface area contributed by atoms with E-state index in [9.17, 15) is 0 Å². The Morgan fingerprint density at radius 2 is 0.958 bits per heavy atom. The average molecular weight is 348 g/mol. The van der Waals surface area contributed by atoms with Gasteiger partial charge in [0, 0.05) is 6.54 Å². The van der Waals surface area contributed by atoms with Crippen molar-refractivity contribution < 1.29 is 15.7 Å². The number of likely N-dealkylation sites (N-methyl/N-ethyl adjacent to an activating group) is 1. The molecule has 0 spiro atoms. The highest BCUT2D eigenvalue weighted by Gasteiger charge is 2.03. The Bertz CT molecular complexity index is 225. The van der Waals surface area contributed by atoms with E-state index >= 15 is 0 Å². The summed E-state index contributed by atoms with van der Waals surface area (Å²) in [6.07, 6.45) is 19.6. The van der Waals surface area contributed by atoms with Crippen molar-refractivity contribution in [1.29, 1.82) is 0 Å². The van der Waals surface area contributed by atoms with E-state index in [-0.39, 0.29) is 5.48 Å². The van der Waals surface area contributed by atoms with Gasteiger partial charge in [-0.25, -0.2) is 0 Å². The predicted molar refractivity (Wildman–Crippen MR) is 104 cm³/mol. The van der Waals surface area contributed by atoms with Gasteiger partial charge in [-0.3, -0.25) is 0 Å². The lowest BCUT2D eigenvalue weighted by atomic mass is 10.0. The summed E-state index contributed by atoms with van der Waals surface area (Å²) in [5.74, 6) is 0. The first-order valence-corrected chi connectivity index (χ1v) is 10.2. The molecule has 0 atom stereocenters. The molecular weight excluding hydrogens is 302 g/mol. The zero-order chi connectivity index (χ0) is 17.2. The predicted octanol–water partition coefficient (Wildman–Crippen LogP) is 4.28. The Labute approximate surface area is 151 Å². The third-order valence-electron chi connectivity index (χ3n) is 4.62. The molecule has 4 heteroatoms. The van der Waals surface area contributed by atoms with Crippen molar-refractivity contribution >= 4 is 0 Å². The van der Waals surface area contributed by atoms with Crippen LogP contribution in [0.2, 0.25) is 0 Å². The number of aliphatic hydroxyl groups excluding tert-OH is 1. The molecule has 0 aliphatic carbocycles. The van der Waals surface area contributed by atoms with Crippen molar-refractivity contribution in [3.05, 3.63) is 0 Å². The zero-order valence-electron chi connectivity index (χ0n) is 16.4. The molecule has 0 bridgehead atoms. The molecule has 148 valence electrons. The smallest absolute Gasteiger partial charge is 0.164 e. The lowest BCUT2D eigenvalue weighted by molar-refractivity contribution is -0.0573. The normalized spacial score (nSPS) is 11.2. The number of rotatable bonds is 18.